The predicted octanol–water partition coefficient (Wildman–Crippen LogP) is 1.96. The van der Waals surface area contributed by atoms with Crippen LogP contribution in [0.1, 0.15) is 40.5 Å². The van der Waals surface area contributed by atoms with Gasteiger partial charge in [0.05, 0.1) is 0 Å². The lowest BCUT2D eigenvalue weighted by molar-refractivity contribution is 0.428. The summed E-state index contributed by atoms with van der Waals surface area (Å²) in [6.45, 7) is 11.5. The predicted molar refractivity (Wildman–Crippen MR) is 87.4 cm³/mol. The highest BCUT2D eigenvalue weighted by molar-refractivity contribution is 14.0. The van der Waals surface area contributed by atoms with Crippen LogP contribution < -0.4 is 16.0 Å². The van der Waals surface area contributed by atoms with E-state index in [2.05, 4.69) is 48.6 Å². The van der Waals surface area contributed by atoms with Crippen LogP contribution in [0.5, 0.6) is 0 Å². The summed E-state index contributed by atoms with van der Waals surface area (Å²) >= 11 is 0. The lowest BCUT2D eigenvalue weighted by Gasteiger charge is -2.21. The molecule has 3 N–H and O–H groups in total. The highest BCUT2D eigenvalue weighted by Crippen LogP contribution is 1.96. The first kappa shape index (κ1) is 19.3. The molecule has 5 heteroatoms. The molecule has 0 atom stereocenters. The van der Waals surface area contributed by atoms with Gasteiger partial charge in [-0.25, -0.2) is 0 Å². The summed E-state index contributed by atoms with van der Waals surface area (Å²) in [5.41, 5.74) is 0.181. The van der Waals surface area contributed by atoms with E-state index in [0.29, 0.717) is 0 Å². The van der Waals surface area contributed by atoms with E-state index in [1.165, 1.54) is 12.8 Å². The van der Waals surface area contributed by atoms with Crippen molar-refractivity contribution in [1.82, 2.24) is 16.0 Å². The number of nitrogens with one attached hydrogen (secondary N) is 3. The van der Waals surface area contributed by atoms with Gasteiger partial charge in [-0.05, 0) is 27.2 Å². The van der Waals surface area contributed by atoms with Crippen LogP contribution in [0.2, 0.25) is 0 Å². The van der Waals surface area contributed by atoms with Crippen LogP contribution in [0.3, 0.4) is 0 Å². The van der Waals surface area contributed by atoms with Gasteiger partial charge >= 0.3 is 0 Å². The fraction of sp³-hybridized carbons (Fsp3) is 0.917. The fourth-order valence-electron chi connectivity index (χ4n) is 1.22. The number of halogens is 1. The lowest BCUT2D eigenvalue weighted by Crippen LogP contribution is -2.44. The van der Waals surface area contributed by atoms with Crippen LogP contribution in [0.4, 0.5) is 0 Å². The minimum absolute atomic E-state index is 0. The molecule has 0 aromatic rings. The van der Waals surface area contributed by atoms with Crippen LogP contribution in [0, 0.1) is 0 Å². The molecule has 0 amide bonds. The Hall–Kier alpha value is -0.0400. The largest absolute Gasteiger partial charge is 0.356 e. The van der Waals surface area contributed by atoms with E-state index in [1.807, 2.05) is 0 Å². The minimum atomic E-state index is 0. The maximum absolute atomic E-state index is 4.16. The van der Waals surface area contributed by atoms with Crippen LogP contribution in [0.15, 0.2) is 4.99 Å². The summed E-state index contributed by atoms with van der Waals surface area (Å²) in [4.78, 5) is 4.16. The molecule has 0 aromatic heterocycles. The highest BCUT2D eigenvalue weighted by atomic mass is 127. The van der Waals surface area contributed by atoms with Crippen LogP contribution in [-0.4, -0.2) is 38.2 Å². The molecule has 0 rings (SSSR count). The zero-order valence-electron chi connectivity index (χ0n) is 11.9. The molecule has 104 valence electrons. The van der Waals surface area contributed by atoms with Crippen molar-refractivity contribution in [3.8, 4) is 0 Å². The maximum atomic E-state index is 4.16. The van der Waals surface area contributed by atoms with E-state index < -0.39 is 0 Å². The second-order valence-corrected chi connectivity index (χ2v) is 4.96. The molecule has 0 radical (unpaired) electrons. The number of rotatable bonds is 6. The van der Waals surface area contributed by atoms with Crippen LogP contribution in [-0.2, 0) is 0 Å². The Balaban J connectivity index is 0. The van der Waals surface area contributed by atoms with Gasteiger partial charge in [-0.2, -0.15) is 0 Å². The smallest absolute Gasteiger partial charge is 0.191 e. The van der Waals surface area contributed by atoms with Crippen molar-refractivity contribution in [2.75, 3.05) is 26.7 Å². The van der Waals surface area contributed by atoms with Crippen molar-refractivity contribution < 1.29 is 0 Å². The van der Waals surface area contributed by atoms with Crippen molar-refractivity contribution in [3.05, 3.63) is 0 Å². The Morgan fingerprint density at radius 2 is 1.65 bits per heavy atom. The lowest BCUT2D eigenvalue weighted by atomic mass is 10.1. The van der Waals surface area contributed by atoms with Gasteiger partial charge in [0.15, 0.2) is 5.96 Å². The molecule has 0 aromatic carbocycles. The van der Waals surface area contributed by atoms with Crippen LogP contribution in [0.25, 0.3) is 0 Å². The van der Waals surface area contributed by atoms with Crippen molar-refractivity contribution in [3.63, 3.8) is 0 Å². The van der Waals surface area contributed by atoms with Crippen molar-refractivity contribution in [2.24, 2.45) is 4.99 Å². The Kier molecular flexibility index (Phi) is 12.6. The van der Waals surface area contributed by atoms with Crippen molar-refractivity contribution in [2.45, 2.75) is 46.1 Å². The number of aliphatic imine (C=N–C) groups is 1. The van der Waals surface area contributed by atoms with E-state index in [4.69, 9.17) is 0 Å². The summed E-state index contributed by atoms with van der Waals surface area (Å²) in [5.74, 6) is 0.893. The fourth-order valence-corrected chi connectivity index (χ4v) is 1.22. The first-order valence-corrected chi connectivity index (χ1v) is 6.19. The molecule has 4 nitrogen and oxygen atoms in total. The van der Waals surface area contributed by atoms with Crippen LogP contribution >= 0.6 is 24.0 Å². The summed E-state index contributed by atoms with van der Waals surface area (Å²) in [6.07, 6.45) is 2.39. The van der Waals surface area contributed by atoms with Gasteiger partial charge in [0.1, 0.15) is 0 Å². The molecule has 0 heterocycles. The molecule has 0 bridgehead atoms. The average Bonchev–Trinajstić information content (AvgIpc) is 2.20. The van der Waals surface area contributed by atoms with Gasteiger partial charge in [0, 0.05) is 32.2 Å². The van der Waals surface area contributed by atoms with Gasteiger partial charge in [-0.15, -0.1) is 24.0 Å². The number of unbranched alkanes of at least 4 members (excludes halogenated alkanes) is 1. The topological polar surface area (TPSA) is 48.5 Å². The Labute approximate surface area is 123 Å². The number of hydrogen-bond acceptors (Lipinski definition) is 2. The van der Waals surface area contributed by atoms with Gasteiger partial charge in [0.2, 0.25) is 0 Å². The Morgan fingerprint density at radius 3 is 2.12 bits per heavy atom. The second kappa shape index (κ2) is 11.1. The van der Waals surface area contributed by atoms with E-state index in [0.717, 1.165) is 25.6 Å². The molecular weight excluding hydrogens is 327 g/mol. The molecule has 0 saturated heterocycles. The minimum Gasteiger partial charge on any atom is -0.356 e. The monoisotopic (exact) mass is 356 g/mol. The molecule has 0 fully saturated rings. The maximum Gasteiger partial charge on any atom is 0.191 e. The van der Waals surface area contributed by atoms with Crippen molar-refractivity contribution in [1.29, 1.82) is 0 Å². The van der Waals surface area contributed by atoms with Gasteiger partial charge < -0.3 is 16.0 Å². The molecule has 17 heavy (non-hydrogen) atoms. The normalized spacial score (nSPS) is 11.9. The SMILES string of the molecule is CCCCNC(=NC)NCCNC(C)(C)C.I. The molecule has 0 aliphatic carbocycles. The third-order valence-electron chi connectivity index (χ3n) is 2.12. The second-order valence-electron chi connectivity index (χ2n) is 4.96. The standard InChI is InChI=1S/C12H28N4.HI/c1-6-7-8-14-11(13-5)15-9-10-16-12(2,3)4;/h16H,6-10H2,1-5H3,(H2,13,14,15);1H. The molecule has 0 unspecified atom stereocenters. The summed E-state index contributed by atoms with van der Waals surface area (Å²) < 4.78 is 0. The van der Waals surface area contributed by atoms with E-state index in [-0.39, 0.29) is 29.5 Å². The molecule has 0 aliphatic heterocycles. The van der Waals surface area contributed by atoms with E-state index in [1.54, 1.807) is 7.05 Å². The molecule has 0 spiro atoms. The zero-order valence-corrected chi connectivity index (χ0v) is 14.2. The number of guanidine groups is 1. The Morgan fingerprint density at radius 1 is 1.06 bits per heavy atom. The highest BCUT2D eigenvalue weighted by Gasteiger charge is 2.07. The Bertz CT molecular complexity index is 199. The summed E-state index contributed by atoms with van der Waals surface area (Å²) in [5, 5.41) is 9.98. The number of nitrogens with zero attached hydrogens (tertiary/aromatic N) is 1. The van der Waals surface area contributed by atoms with E-state index in [9.17, 15) is 0 Å². The summed E-state index contributed by atoms with van der Waals surface area (Å²) in [6, 6.07) is 0. The van der Waals surface area contributed by atoms with Gasteiger partial charge in [0.25, 0.3) is 0 Å². The third kappa shape index (κ3) is 13.9. The quantitative estimate of drug-likeness (QED) is 0.295. The summed E-state index contributed by atoms with van der Waals surface area (Å²) in [7, 11) is 1.80. The molecule has 0 saturated carbocycles. The van der Waals surface area contributed by atoms with Gasteiger partial charge in [-0.3, -0.25) is 4.99 Å². The first-order chi connectivity index (χ1) is 7.49. The zero-order chi connectivity index (χ0) is 12.4. The molecular formula is C12H29IN4. The average molecular weight is 356 g/mol. The molecule has 0 aliphatic rings. The van der Waals surface area contributed by atoms with E-state index >= 15 is 0 Å². The van der Waals surface area contributed by atoms with Gasteiger partial charge in [-0.1, -0.05) is 13.3 Å². The number of hydrogen-bond donors (Lipinski definition) is 3. The third-order valence-corrected chi connectivity index (χ3v) is 2.12. The van der Waals surface area contributed by atoms with Crippen molar-refractivity contribution >= 4 is 29.9 Å². The first-order valence-electron chi connectivity index (χ1n) is 6.19.